The first-order valence-corrected chi connectivity index (χ1v) is 9.42. The number of hydrogen-bond donors (Lipinski definition) is 4. The maximum atomic E-state index is 10.2. The van der Waals surface area contributed by atoms with Gasteiger partial charge in [-0.05, 0) is 55.6 Å². The molecular formula is C21H24N4O2. The van der Waals surface area contributed by atoms with Gasteiger partial charge in [-0.1, -0.05) is 18.2 Å². The Hall–Kier alpha value is -2.70. The minimum atomic E-state index is 0.171. The molecule has 4 N–H and O–H groups in total. The number of nitrogens with one attached hydrogen (secondary N) is 2. The first-order chi connectivity index (χ1) is 13.2. The molecule has 1 aliphatic rings. The van der Waals surface area contributed by atoms with Crippen LogP contribution in [0.15, 0.2) is 42.5 Å². The number of aromatic hydroxyl groups is 1. The molecule has 0 aliphatic carbocycles. The number of aliphatic hydroxyl groups excluding tert-OH is 1. The maximum absolute atomic E-state index is 10.2. The molecule has 0 saturated carbocycles. The smallest absolute Gasteiger partial charge is 0.165 e. The van der Waals surface area contributed by atoms with E-state index in [9.17, 15) is 5.11 Å². The molecule has 6 heteroatoms. The number of rotatable bonds is 6. The summed E-state index contributed by atoms with van der Waals surface area (Å²) in [5.41, 5.74) is 2.61. The summed E-state index contributed by atoms with van der Waals surface area (Å²) in [6, 6.07) is 13.6. The zero-order valence-corrected chi connectivity index (χ0v) is 15.2. The van der Waals surface area contributed by atoms with E-state index in [1.807, 2.05) is 24.3 Å². The average Bonchev–Trinajstić information content (AvgIpc) is 3.20. The molecule has 140 valence electrons. The molecule has 1 fully saturated rings. The molecule has 0 amide bonds. The predicted molar refractivity (Wildman–Crippen MR) is 107 cm³/mol. The van der Waals surface area contributed by atoms with Gasteiger partial charge in [-0.25, -0.2) is 9.97 Å². The number of benzene rings is 2. The molecule has 0 spiro atoms. The van der Waals surface area contributed by atoms with Gasteiger partial charge < -0.3 is 20.8 Å². The van der Waals surface area contributed by atoms with Crippen molar-refractivity contribution in [1.82, 2.24) is 15.3 Å². The number of phenolic OH excluding ortho intramolecular Hbond substituents is 1. The van der Waals surface area contributed by atoms with Crippen LogP contribution in [0, 0.1) is 0 Å². The van der Waals surface area contributed by atoms with Crippen LogP contribution in [0.5, 0.6) is 5.75 Å². The Morgan fingerprint density at radius 3 is 2.81 bits per heavy atom. The molecule has 27 heavy (non-hydrogen) atoms. The highest BCUT2D eigenvalue weighted by atomic mass is 16.3. The SMILES string of the molecule is OCCCc1ccc2nc(-c3ccccc3O)nc(N[C@H]3CCNC3)c2c1. The lowest BCUT2D eigenvalue weighted by molar-refractivity contribution is 0.288. The molecule has 2 heterocycles. The summed E-state index contributed by atoms with van der Waals surface area (Å²) >= 11 is 0. The summed E-state index contributed by atoms with van der Waals surface area (Å²) in [4.78, 5) is 9.44. The van der Waals surface area contributed by atoms with E-state index in [-0.39, 0.29) is 12.4 Å². The van der Waals surface area contributed by atoms with Crippen LogP contribution in [0.2, 0.25) is 0 Å². The normalized spacial score (nSPS) is 16.7. The van der Waals surface area contributed by atoms with Crippen molar-refractivity contribution in [3.63, 3.8) is 0 Å². The van der Waals surface area contributed by atoms with Crippen molar-refractivity contribution in [1.29, 1.82) is 0 Å². The molecule has 1 saturated heterocycles. The van der Waals surface area contributed by atoms with Gasteiger partial charge in [-0.15, -0.1) is 0 Å². The van der Waals surface area contributed by atoms with E-state index >= 15 is 0 Å². The van der Waals surface area contributed by atoms with Gasteiger partial charge in [0, 0.05) is 24.6 Å². The largest absolute Gasteiger partial charge is 0.507 e. The molecule has 0 bridgehead atoms. The van der Waals surface area contributed by atoms with Gasteiger partial charge in [0.1, 0.15) is 11.6 Å². The second kappa shape index (κ2) is 7.90. The van der Waals surface area contributed by atoms with Crippen LogP contribution in [0.4, 0.5) is 5.82 Å². The van der Waals surface area contributed by atoms with Crippen molar-refractivity contribution in [2.24, 2.45) is 0 Å². The maximum Gasteiger partial charge on any atom is 0.165 e. The van der Waals surface area contributed by atoms with Crippen molar-refractivity contribution in [2.75, 3.05) is 25.0 Å². The molecule has 1 atom stereocenters. The molecule has 0 radical (unpaired) electrons. The van der Waals surface area contributed by atoms with Crippen LogP contribution in [-0.2, 0) is 6.42 Å². The number of para-hydroxylation sites is 1. The van der Waals surface area contributed by atoms with E-state index in [0.717, 1.165) is 54.6 Å². The lowest BCUT2D eigenvalue weighted by atomic mass is 10.1. The van der Waals surface area contributed by atoms with Gasteiger partial charge in [0.15, 0.2) is 5.82 Å². The zero-order valence-electron chi connectivity index (χ0n) is 15.2. The van der Waals surface area contributed by atoms with Crippen LogP contribution in [-0.4, -0.2) is 45.9 Å². The summed E-state index contributed by atoms with van der Waals surface area (Å²) in [5.74, 6) is 1.47. The van der Waals surface area contributed by atoms with E-state index in [4.69, 9.17) is 10.1 Å². The fourth-order valence-corrected chi connectivity index (χ4v) is 3.48. The number of aryl methyl sites for hydroxylation is 1. The molecule has 4 rings (SSSR count). The van der Waals surface area contributed by atoms with Gasteiger partial charge in [0.05, 0.1) is 11.1 Å². The summed E-state index contributed by atoms with van der Waals surface area (Å²) in [5, 5.41) is 27.2. The molecular weight excluding hydrogens is 340 g/mol. The highest BCUT2D eigenvalue weighted by molar-refractivity contribution is 5.91. The van der Waals surface area contributed by atoms with Gasteiger partial charge in [-0.2, -0.15) is 0 Å². The van der Waals surface area contributed by atoms with Crippen LogP contribution in [0.3, 0.4) is 0 Å². The van der Waals surface area contributed by atoms with Crippen LogP contribution in [0.25, 0.3) is 22.3 Å². The van der Waals surface area contributed by atoms with E-state index in [0.29, 0.717) is 17.4 Å². The number of fused-ring (bicyclic) bond motifs is 1. The molecule has 1 aromatic heterocycles. The van der Waals surface area contributed by atoms with Gasteiger partial charge in [0.2, 0.25) is 0 Å². The van der Waals surface area contributed by atoms with Crippen LogP contribution < -0.4 is 10.6 Å². The lowest BCUT2D eigenvalue weighted by Gasteiger charge is -2.16. The number of anilines is 1. The highest BCUT2D eigenvalue weighted by Gasteiger charge is 2.18. The van der Waals surface area contributed by atoms with Crippen LogP contribution in [0.1, 0.15) is 18.4 Å². The van der Waals surface area contributed by atoms with Gasteiger partial charge in [-0.3, -0.25) is 0 Å². The third-order valence-corrected chi connectivity index (χ3v) is 4.93. The Kier molecular flexibility index (Phi) is 5.18. The Balaban J connectivity index is 1.80. The van der Waals surface area contributed by atoms with E-state index in [1.165, 1.54) is 0 Å². The first kappa shape index (κ1) is 17.7. The van der Waals surface area contributed by atoms with E-state index < -0.39 is 0 Å². The van der Waals surface area contributed by atoms with Crippen molar-refractivity contribution < 1.29 is 10.2 Å². The number of hydrogen-bond acceptors (Lipinski definition) is 6. The summed E-state index contributed by atoms with van der Waals surface area (Å²) in [6.07, 6.45) is 2.59. The standard InChI is InChI=1S/C21H24N4O2/c26-11-3-4-14-7-8-18-17(12-14)21(23-15-9-10-22-13-15)25-20(24-18)16-5-1-2-6-19(16)27/h1-2,5-8,12,15,22,26-27H,3-4,9-11,13H2,(H,23,24,25)/t15-/m0/s1. The molecule has 6 nitrogen and oxygen atoms in total. The Bertz CT molecular complexity index is 939. The van der Waals surface area contributed by atoms with Gasteiger partial charge >= 0.3 is 0 Å². The molecule has 1 aliphatic heterocycles. The van der Waals surface area contributed by atoms with Crippen molar-refractivity contribution in [2.45, 2.75) is 25.3 Å². The van der Waals surface area contributed by atoms with Crippen molar-refractivity contribution in [3.8, 4) is 17.1 Å². The minimum Gasteiger partial charge on any atom is -0.507 e. The number of aliphatic hydroxyl groups is 1. The van der Waals surface area contributed by atoms with Gasteiger partial charge in [0.25, 0.3) is 0 Å². The minimum absolute atomic E-state index is 0.171. The highest BCUT2D eigenvalue weighted by Crippen LogP contribution is 2.31. The molecule has 2 aromatic carbocycles. The van der Waals surface area contributed by atoms with Crippen LogP contribution >= 0.6 is 0 Å². The monoisotopic (exact) mass is 364 g/mol. The number of nitrogens with zero attached hydrogens (tertiary/aromatic N) is 2. The Labute approximate surface area is 158 Å². The number of phenols is 1. The predicted octanol–water partition coefficient (Wildman–Crippen LogP) is 2.70. The van der Waals surface area contributed by atoms with Crippen molar-refractivity contribution in [3.05, 3.63) is 48.0 Å². The first-order valence-electron chi connectivity index (χ1n) is 9.42. The molecule has 0 unspecified atom stereocenters. The fraction of sp³-hybridized carbons (Fsp3) is 0.333. The zero-order chi connectivity index (χ0) is 18.6. The second-order valence-corrected chi connectivity index (χ2v) is 6.93. The number of aromatic nitrogens is 2. The van der Waals surface area contributed by atoms with E-state index in [1.54, 1.807) is 12.1 Å². The molecule has 3 aromatic rings. The Morgan fingerprint density at radius 1 is 1.15 bits per heavy atom. The lowest BCUT2D eigenvalue weighted by Crippen LogP contribution is -2.23. The van der Waals surface area contributed by atoms with E-state index in [2.05, 4.69) is 21.7 Å². The van der Waals surface area contributed by atoms with Crippen molar-refractivity contribution >= 4 is 16.7 Å². The summed E-state index contributed by atoms with van der Waals surface area (Å²) in [6.45, 7) is 2.08. The summed E-state index contributed by atoms with van der Waals surface area (Å²) < 4.78 is 0. The second-order valence-electron chi connectivity index (χ2n) is 6.93. The fourth-order valence-electron chi connectivity index (χ4n) is 3.48. The average molecular weight is 364 g/mol. The third-order valence-electron chi connectivity index (χ3n) is 4.93. The third kappa shape index (κ3) is 3.86. The quantitative estimate of drug-likeness (QED) is 0.538. The Morgan fingerprint density at radius 2 is 2.04 bits per heavy atom. The topological polar surface area (TPSA) is 90.3 Å². The summed E-state index contributed by atoms with van der Waals surface area (Å²) in [7, 11) is 0.